The molecule has 18 heavy (non-hydrogen) atoms. The number of nitrogens with one attached hydrogen (secondary N) is 1. The Bertz CT molecular complexity index is 519. The van der Waals surface area contributed by atoms with Crippen molar-refractivity contribution in [2.45, 2.75) is 19.9 Å². The monoisotopic (exact) mass is 268 g/mol. The lowest BCUT2D eigenvalue weighted by atomic mass is 10.2. The third kappa shape index (κ3) is 2.91. The van der Waals surface area contributed by atoms with Gasteiger partial charge in [-0.3, -0.25) is 0 Å². The predicted octanol–water partition coefficient (Wildman–Crippen LogP) is 3.76. The Kier molecular flexibility index (Phi) is 4.04. The number of halogens is 2. The van der Waals surface area contributed by atoms with Crippen LogP contribution in [0.4, 0.5) is 8.78 Å². The Hall–Kier alpha value is -1.33. The van der Waals surface area contributed by atoms with Gasteiger partial charge in [-0.1, -0.05) is 6.92 Å². The van der Waals surface area contributed by atoms with Gasteiger partial charge in [0, 0.05) is 23.1 Å². The van der Waals surface area contributed by atoms with E-state index >= 15 is 0 Å². The van der Waals surface area contributed by atoms with E-state index in [9.17, 15) is 8.78 Å². The number of aromatic nitrogens is 1. The highest BCUT2D eigenvalue weighted by atomic mass is 32.1. The fraction of sp³-hybridized carbons (Fsp3) is 0.308. The molecule has 0 fully saturated rings. The molecule has 0 aliphatic carbocycles. The first-order chi connectivity index (χ1) is 8.60. The first kappa shape index (κ1) is 13.1. The van der Waals surface area contributed by atoms with Gasteiger partial charge in [0.2, 0.25) is 0 Å². The maximum absolute atomic E-state index is 13.1. The number of thiazole rings is 1. The van der Waals surface area contributed by atoms with Crippen LogP contribution < -0.4 is 5.32 Å². The minimum absolute atomic E-state index is 0.137. The molecular formula is C13H14F2N2S. The largest absolute Gasteiger partial charge is 0.309 e. The second-order valence-corrected chi connectivity index (χ2v) is 4.87. The molecule has 96 valence electrons. The van der Waals surface area contributed by atoms with Gasteiger partial charge in [-0.2, -0.15) is 0 Å². The van der Waals surface area contributed by atoms with Crippen molar-refractivity contribution >= 4 is 11.3 Å². The van der Waals surface area contributed by atoms with E-state index in [1.54, 1.807) is 0 Å². The lowest BCUT2D eigenvalue weighted by Gasteiger charge is -2.08. The smallest absolute Gasteiger partial charge is 0.126 e. The van der Waals surface area contributed by atoms with Crippen LogP contribution >= 0.6 is 11.3 Å². The normalized spacial score (nSPS) is 12.7. The van der Waals surface area contributed by atoms with Crippen molar-refractivity contribution in [3.05, 3.63) is 40.9 Å². The van der Waals surface area contributed by atoms with Crippen molar-refractivity contribution in [2.75, 3.05) is 6.54 Å². The lowest BCUT2D eigenvalue weighted by Crippen LogP contribution is -2.17. The molecule has 0 saturated carbocycles. The quantitative estimate of drug-likeness (QED) is 0.913. The zero-order valence-electron chi connectivity index (χ0n) is 10.2. The topological polar surface area (TPSA) is 24.9 Å². The summed E-state index contributed by atoms with van der Waals surface area (Å²) in [7, 11) is 0. The summed E-state index contributed by atoms with van der Waals surface area (Å²) in [6.07, 6.45) is 0. The van der Waals surface area contributed by atoms with Crippen LogP contribution in [-0.2, 0) is 0 Å². The van der Waals surface area contributed by atoms with Gasteiger partial charge >= 0.3 is 0 Å². The van der Waals surface area contributed by atoms with Crippen molar-refractivity contribution in [1.82, 2.24) is 10.3 Å². The summed E-state index contributed by atoms with van der Waals surface area (Å²) in [5.41, 5.74) is 1.37. The van der Waals surface area contributed by atoms with Crippen LogP contribution in [0, 0.1) is 11.6 Å². The number of rotatable bonds is 4. The second kappa shape index (κ2) is 5.54. The SMILES string of the molecule is CCNC(C)c1csc(-c2cc(F)cc(F)c2)n1. The summed E-state index contributed by atoms with van der Waals surface area (Å²) in [4.78, 5) is 4.40. The fourth-order valence-corrected chi connectivity index (χ4v) is 2.61. The molecule has 1 aromatic heterocycles. The van der Waals surface area contributed by atoms with Crippen molar-refractivity contribution < 1.29 is 8.78 Å². The van der Waals surface area contributed by atoms with Gasteiger partial charge in [0.05, 0.1) is 5.69 Å². The van der Waals surface area contributed by atoms with Gasteiger partial charge in [0.15, 0.2) is 0 Å². The molecule has 2 aromatic rings. The Morgan fingerprint density at radius 1 is 1.28 bits per heavy atom. The molecule has 1 N–H and O–H groups in total. The third-order valence-corrected chi connectivity index (χ3v) is 3.50. The molecule has 0 radical (unpaired) electrons. The van der Waals surface area contributed by atoms with Crippen molar-refractivity contribution in [1.29, 1.82) is 0 Å². The number of benzene rings is 1. The van der Waals surface area contributed by atoms with E-state index in [0.29, 0.717) is 10.6 Å². The first-order valence-electron chi connectivity index (χ1n) is 5.75. The van der Waals surface area contributed by atoms with Crippen LogP contribution in [0.5, 0.6) is 0 Å². The molecule has 1 unspecified atom stereocenters. The molecule has 2 nitrogen and oxygen atoms in total. The highest BCUT2D eigenvalue weighted by Gasteiger charge is 2.11. The van der Waals surface area contributed by atoms with Gasteiger partial charge in [-0.05, 0) is 25.6 Å². The fourth-order valence-electron chi connectivity index (χ4n) is 1.71. The molecule has 1 heterocycles. The molecule has 1 atom stereocenters. The summed E-state index contributed by atoms with van der Waals surface area (Å²) >= 11 is 1.39. The van der Waals surface area contributed by atoms with Gasteiger partial charge < -0.3 is 5.32 Å². The van der Waals surface area contributed by atoms with Crippen molar-refractivity contribution in [3.63, 3.8) is 0 Å². The zero-order chi connectivity index (χ0) is 13.1. The van der Waals surface area contributed by atoms with Crippen molar-refractivity contribution in [2.24, 2.45) is 0 Å². The average molecular weight is 268 g/mol. The second-order valence-electron chi connectivity index (χ2n) is 4.02. The molecule has 5 heteroatoms. The minimum atomic E-state index is -0.582. The van der Waals surface area contributed by atoms with Gasteiger partial charge in [-0.15, -0.1) is 11.3 Å². The molecule has 2 rings (SSSR count). The van der Waals surface area contributed by atoms with Gasteiger partial charge in [0.1, 0.15) is 16.6 Å². The van der Waals surface area contributed by atoms with Crippen LogP contribution in [0.1, 0.15) is 25.6 Å². The minimum Gasteiger partial charge on any atom is -0.309 e. The van der Waals surface area contributed by atoms with E-state index in [-0.39, 0.29) is 6.04 Å². The van der Waals surface area contributed by atoms with Gasteiger partial charge in [0.25, 0.3) is 0 Å². The Morgan fingerprint density at radius 2 is 1.94 bits per heavy atom. The van der Waals surface area contributed by atoms with E-state index < -0.39 is 11.6 Å². The van der Waals surface area contributed by atoms with E-state index in [2.05, 4.69) is 10.3 Å². The Labute approximate surface area is 109 Å². The van der Waals surface area contributed by atoms with Crippen LogP contribution in [-0.4, -0.2) is 11.5 Å². The van der Waals surface area contributed by atoms with E-state index in [0.717, 1.165) is 18.3 Å². The number of hydrogen-bond donors (Lipinski definition) is 1. The molecule has 1 aromatic carbocycles. The molecule has 0 saturated heterocycles. The highest BCUT2D eigenvalue weighted by molar-refractivity contribution is 7.13. The van der Waals surface area contributed by atoms with Gasteiger partial charge in [-0.25, -0.2) is 13.8 Å². The number of nitrogens with zero attached hydrogens (tertiary/aromatic N) is 1. The highest BCUT2D eigenvalue weighted by Crippen LogP contribution is 2.27. The lowest BCUT2D eigenvalue weighted by molar-refractivity contribution is 0.583. The first-order valence-corrected chi connectivity index (χ1v) is 6.63. The zero-order valence-corrected chi connectivity index (χ0v) is 11.0. The third-order valence-electron chi connectivity index (χ3n) is 2.59. The molecule has 0 aliphatic rings. The molecule has 0 bridgehead atoms. The maximum atomic E-state index is 13.1. The van der Waals surface area contributed by atoms with Crippen LogP contribution in [0.2, 0.25) is 0 Å². The Morgan fingerprint density at radius 3 is 2.56 bits per heavy atom. The number of hydrogen-bond acceptors (Lipinski definition) is 3. The standard InChI is InChI=1S/C13H14F2N2S/c1-3-16-8(2)12-7-18-13(17-12)9-4-10(14)6-11(15)5-9/h4-8,16H,3H2,1-2H3. The molecule has 0 spiro atoms. The van der Waals surface area contributed by atoms with E-state index in [1.807, 2.05) is 19.2 Å². The summed E-state index contributed by atoms with van der Waals surface area (Å²) in [5, 5.41) is 5.79. The average Bonchev–Trinajstić information content (AvgIpc) is 2.77. The molecule has 0 amide bonds. The summed E-state index contributed by atoms with van der Waals surface area (Å²) < 4.78 is 26.2. The summed E-state index contributed by atoms with van der Waals surface area (Å²) in [6.45, 7) is 4.88. The van der Waals surface area contributed by atoms with Crippen LogP contribution in [0.3, 0.4) is 0 Å². The van der Waals surface area contributed by atoms with Crippen LogP contribution in [0.15, 0.2) is 23.6 Å². The maximum Gasteiger partial charge on any atom is 0.126 e. The van der Waals surface area contributed by atoms with Crippen LogP contribution in [0.25, 0.3) is 10.6 Å². The van der Waals surface area contributed by atoms with E-state index in [1.165, 1.54) is 23.5 Å². The van der Waals surface area contributed by atoms with E-state index in [4.69, 9.17) is 0 Å². The summed E-state index contributed by atoms with van der Waals surface area (Å²) in [5.74, 6) is -1.16. The predicted molar refractivity (Wildman–Crippen MR) is 69.6 cm³/mol. The molecule has 0 aliphatic heterocycles. The Balaban J connectivity index is 2.29. The van der Waals surface area contributed by atoms with Crippen molar-refractivity contribution in [3.8, 4) is 10.6 Å². The molecular weight excluding hydrogens is 254 g/mol. The summed E-state index contributed by atoms with van der Waals surface area (Å²) in [6, 6.07) is 3.59.